The number of rotatable bonds is 3. The number of aromatic nitrogens is 2. The van der Waals surface area contributed by atoms with Gasteiger partial charge in [0.15, 0.2) is 0 Å². The van der Waals surface area contributed by atoms with Crippen LogP contribution < -0.4 is 5.56 Å². The van der Waals surface area contributed by atoms with Crippen molar-refractivity contribution in [3.05, 3.63) is 27.9 Å². The van der Waals surface area contributed by atoms with Crippen LogP contribution in [0.4, 0.5) is 0 Å². The molecule has 1 fully saturated rings. The van der Waals surface area contributed by atoms with Crippen molar-refractivity contribution in [1.29, 1.82) is 0 Å². The maximum absolute atomic E-state index is 12.1. The SMILES string of the molecule is Cc1cc(=O)[nH]c([C@@H](C)N2CCC(C(=O)OC(C)(C)C)CC2)n1. The van der Waals surface area contributed by atoms with Crippen LogP contribution >= 0.6 is 0 Å². The van der Waals surface area contributed by atoms with Crippen molar-refractivity contribution in [2.24, 2.45) is 5.92 Å². The third-order valence-corrected chi connectivity index (χ3v) is 4.10. The Labute approximate surface area is 137 Å². The van der Waals surface area contributed by atoms with Crippen LogP contribution in [0.3, 0.4) is 0 Å². The van der Waals surface area contributed by atoms with Gasteiger partial charge in [-0.15, -0.1) is 0 Å². The number of esters is 1. The average Bonchev–Trinajstić information content (AvgIpc) is 2.44. The van der Waals surface area contributed by atoms with Crippen LogP contribution in [0.15, 0.2) is 10.9 Å². The van der Waals surface area contributed by atoms with Crippen LogP contribution in [-0.2, 0) is 9.53 Å². The maximum atomic E-state index is 12.1. The van der Waals surface area contributed by atoms with Gasteiger partial charge in [0.1, 0.15) is 11.4 Å². The molecule has 6 heteroatoms. The number of carbonyl (C=O) groups excluding carboxylic acids is 1. The van der Waals surface area contributed by atoms with Gasteiger partial charge in [0.2, 0.25) is 0 Å². The molecule has 0 unspecified atom stereocenters. The van der Waals surface area contributed by atoms with Crippen LogP contribution in [0, 0.1) is 12.8 Å². The molecule has 6 nitrogen and oxygen atoms in total. The maximum Gasteiger partial charge on any atom is 0.309 e. The van der Waals surface area contributed by atoms with E-state index in [-0.39, 0.29) is 23.5 Å². The molecule has 1 aliphatic heterocycles. The number of carbonyl (C=O) groups is 1. The number of piperidine rings is 1. The summed E-state index contributed by atoms with van der Waals surface area (Å²) in [5, 5.41) is 0. The van der Waals surface area contributed by atoms with Crippen molar-refractivity contribution in [2.45, 2.75) is 59.1 Å². The Morgan fingerprint density at radius 1 is 1.39 bits per heavy atom. The van der Waals surface area contributed by atoms with Crippen molar-refractivity contribution in [2.75, 3.05) is 13.1 Å². The summed E-state index contributed by atoms with van der Waals surface area (Å²) in [6.07, 6.45) is 1.55. The second kappa shape index (κ2) is 6.83. The number of aromatic amines is 1. The molecule has 1 aromatic rings. The van der Waals surface area contributed by atoms with Crippen LogP contribution in [0.25, 0.3) is 0 Å². The van der Waals surface area contributed by atoms with Crippen molar-refractivity contribution >= 4 is 5.97 Å². The van der Waals surface area contributed by atoms with E-state index in [4.69, 9.17) is 4.74 Å². The second-order valence-electron chi connectivity index (χ2n) is 7.29. The van der Waals surface area contributed by atoms with E-state index >= 15 is 0 Å². The zero-order valence-corrected chi connectivity index (χ0v) is 14.7. The highest BCUT2D eigenvalue weighted by Gasteiger charge is 2.31. The van der Waals surface area contributed by atoms with Gasteiger partial charge in [0, 0.05) is 11.8 Å². The zero-order chi connectivity index (χ0) is 17.2. The molecule has 2 rings (SSSR count). The minimum absolute atomic E-state index is 0.0298. The number of ether oxygens (including phenoxy) is 1. The van der Waals surface area contributed by atoms with Gasteiger partial charge < -0.3 is 9.72 Å². The molecule has 0 bridgehead atoms. The zero-order valence-electron chi connectivity index (χ0n) is 14.7. The van der Waals surface area contributed by atoms with E-state index in [1.165, 1.54) is 6.07 Å². The lowest BCUT2D eigenvalue weighted by Crippen LogP contribution is -2.40. The summed E-state index contributed by atoms with van der Waals surface area (Å²) in [6.45, 7) is 11.1. The quantitative estimate of drug-likeness (QED) is 0.864. The fourth-order valence-corrected chi connectivity index (χ4v) is 2.88. The molecule has 0 aromatic carbocycles. The van der Waals surface area contributed by atoms with Gasteiger partial charge in [-0.05, 0) is 60.5 Å². The summed E-state index contributed by atoms with van der Waals surface area (Å²) in [5.74, 6) is 0.541. The fourth-order valence-electron chi connectivity index (χ4n) is 2.88. The predicted octanol–water partition coefficient (Wildman–Crippen LogP) is 2.19. The molecule has 128 valence electrons. The Morgan fingerprint density at radius 2 is 2.00 bits per heavy atom. The van der Waals surface area contributed by atoms with E-state index in [2.05, 4.69) is 14.9 Å². The average molecular weight is 321 g/mol. The Morgan fingerprint density at radius 3 is 2.52 bits per heavy atom. The van der Waals surface area contributed by atoms with Crippen molar-refractivity contribution < 1.29 is 9.53 Å². The smallest absolute Gasteiger partial charge is 0.309 e. The highest BCUT2D eigenvalue weighted by Crippen LogP contribution is 2.26. The molecule has 1 aromatic heterocycles. The molecule has 0 amide bonds. The molecule has 1 atom stereocenters. The van der Waals surface area contributed by atoms with Gasteiger partial charge in [0.25, 0.3) is 5.56 Å². The summed E-state index contributed by atoms with van der Waals surface area (Å²) in [7, 11) is 0. The first-order valence-corrected chi connectivity index (χ1v) is 8.20. The van der Waals surface area contributed by atoms with Crippen LogP contribution in [0.2, 0.25) is 0 Å². The number of nitrogens with one attached hydrogen (secondary N) is 1. The lowest BCUT2D eigenvalue weighted by molar-refractivity contribution is -0.161. The number of hydrogen-bond acceptors (Lipinski definition) is 5. The normalized spacial score (nSPS) is 18.7. The second-order valence-corrected chi connectivity index (χ2v) is 7.29. The van der Waals surface area contributed by atoms with Gasteiger partial charge in [-0.1, -0.05) is 0 Å². The van der Waals surface area contributed by atoms with E-state index in [9.17, 15) is 9.59 Å². The van der Waals surface area contributed by atoms with Gasteiger partial charge in [-0.3, -0.25) is 14.5 Å². The lowest BCUT2D eigenvalue weighted by atomic mass is 9.95. The fraction of sp³-hybridized carbons (Fsp3) is 0.706. The molecular weight excluding hydrogens is 294 g/mol. The first-order chi connectivity index (χ1) is 10.7. The van der Waals surface area contributed by atoms with Crippen LogP contribution in [0.5, 0.6) is 0 Å². The Bertz CT molecular complexity index is 610. The van der Waals surface area contributed by atoms with Gasteiger partial charge in [-0.2, -0.15) is 0 Å². The number of likely N-dealkylation sites (tertiary alicyclic amines) is 1. The summed E-state index contributed by atoms with van der Waals surface area (Å²) < 4.78 is 5.47. The summed E-state index contributed by atoms with van der Waals surface area (Å²) in [5.41, 5.74) is 0.161. The van der Waals surface area contributed by atoms with Crippen LogP contribution in [-0.4, -0.2) is 39.5 Å². The van der Waals surface area contributed by atoms with Crippen molar-refractivity contribution in [3.63, 3.8) is 0 Å². The van der Waals surface area contributed by atoms with Crippen molar-refractivity contribution in [1.82, 2.24) is 14.9 Å². The third-order valence-electron chi connectivity index (χ3n) is 4.10. The minimum Gasteiger partial charge on any atom is -0.460 e. The summed E-state index contributed by atoms with van der Waals surface area (Å²) in [4.78, 5) is 33.2. The molecule has 0 spiro atoms. The molecule has 2 heterocycles. The summed E-state index contributed by atoms with van der Waals surface area (Å²) >= 11 is 0. The minimum atomic E-state index is -0.438. The number of nitrogens with zero attached hydrogens (tertiary/aromatic N) is 2. The molecule has 0 saturated carbocycles. The van der Waals surface area contributed by atoms with Gasteiger partial charge in [-0.25, -0.2) is 4.98 Å². The molecular formula is C17H27N3O3. The number of aryl methyl sites for hydroxylation is 1. The van der Waals surface area contributed by atoms with E-state index < -0.39 is 5.60 Å². The highest BCUT2D eigenvalue weighted by atomic mass is 16.6. The first-order valence-electron chi connectivity index (χ1n) is 8.20. The van der Waals surface area contributed by atoms with Gasteiger partial charge >= 0.3 is 5.97 Å². The van der Waals surface area contributed by atoms with E-state index in [1.54, 1.807) is 0 Å². The molecule has 0 aliphatic carbocycles. The van der Waals surface area contributed by atoms with E-state index in [0.717, 1.165) is 31.6 Å². The highest BCUT2D eigenvalue weighted by molar-refractivity contribution is 5.73. The largest absolute Gasteiger partial charge is 0.460 e. The number of H-pyrrole nitrogens is 1. The molecule has 1 N–H and O–H groups in total. The van der Waals surface area contributed by atoms with E-state index in [0.29, 0.717) is 5.82 Å². The first kappa shape index (κ1) is 17.7. The predicted molar refractivity (Wildman–Crippen MR) is 88.2 cm³/mol. The Hall–Kier alpha value is -1.69. The van der Waals surface area contributed by atoms with Crippen molar-refractivity contribution in [3.8, 4) is 0 Å². The van der Waals surface area contributed by atoms with E-state index in [1.807, 2.05) is 34.6 Å². The van der Waals surface area contributed by atoms with Crippen LogP contribution in [0.1, 0.15) is 58.1 Å². The Balaban J connectivity index is 1.96. The Kier molecular flexibility index (Phi) is 5.24. The molecule has 23 heavy (non-hydrogen) atoms. The monoisotopic (exact) mass is 321 g/mol. The number of hydrogen-bond donors (Lipinski definition) is 1. The third kappa shape index (κ3) is 4.89. The molecule has 1 saturated heterocycles. The topological polar surface area (TPSA) is 75.3 Å². The molecule has 0 radical (unpaired) electrons. The summed E-state index contributed by atoms with van der Waals surface area (Å²) in [6, 6.07) is 1.52. The standard InChI is InChI=1S/C17H27N3O3/c1-11-10-14(21)19-15(18-11)12(2)20-8-6-13(7-9-20)16(22)23-17(3,4)5/h10,12-13H,6-9H2,1-5H3,(H,18,19,21)/t12-/m1/s1. The van der Waals surface area contributed by atoms with Gasteiger partial charge in [0.05, 0.1) is 12.0 Å². The lowest BCUT2D eigenvalue weighted by Gasteiger charge is -2.35. The molecule has 1 aliphatic rings.